The summed E-state index contributed by atoms with van der Waals surface area (Å²) in [5.41, 5.74) is 1.76. The summed E-state index contributed by atoms with van der Waals surface area (Å²) in [5.74, 6) is 0.884. The van der Waals surface area contributed by atoms with Gasteiger partial charge in [0.05, 0.1) is 16.6 Å². The van der Waals surface area contributed by atoms with Crippen LogP contribution in [0.2, 0.25) is 10.0 Å². The van der Waals surface area contributed by atoms with E-state index in [4.69, 9.17) is 27.6 Å². The molecule has 0 aliphatic rings. The van der Waals surface area contributed by atoms with Crippen molar-refractivity contribution >= 4 is 34.2 Å². The van der Waals surface area contributed by atoms with Crippen LogP contribution < -0.4 is 5.32 Å². The van der Waals surface area contributed by atoms with Crippen molar-refractivity contribution in [2.75, 3.05) is 0 Å². The van der Waals surface area contributed by atoms with Gasteiger partial charge in [-0.3, -0.25) is 0 Å². The first-order valence-electron chi connectivity index (χ1n) is 5.90. The van der Waals surface area contributed by atoms with Gasteiger partial charge in [0.15, 0.2) is 5.58 Å². The lowest BCUT2D eigenvalue weighted by molar-refractivity contribution is 0.394. The predicted octanol–water partition coefficient (Wildman–Crippen LogP) is 4.94. The number of nitrogens with one attached hydrogen (secondary N) is 1. The van der Waals surface area contributed by atoms with E-state index in [1.807, 2.05) is 6.92 Å². The van der Waals surface area contributed by atoms with Gasteiger partial charge < -0.3 is 9.73 Å². The van der Waals surface area contributed by atoms with Crippen LogP contribution in [0.25, 0.3) is 11.0 Å². The normalized spacial score (nSPS) is 12.3. The molecule has 0 bridgehead atoms. The van der Waals surface area contributed by atoms with Gasteiger partial charge in [-0.2, -0.15) is 0 Å². The molecule has 0 saturated heterocycles. The van der Waals surface area contributed by atoms with E-state index in [-0.39, 0.29) is 5.54 Å². The van der Waals surface area contributed by atoms with Gasteiger partial charge in [-0.25, -0.2) is 0 Å². The molecule has 1 aromatic carbocycles. The summed E-state index contributed by atoms with van der Waals surface area (Å²) < 4.78 is 5.83. The zero-order chi connectivity index (χ0) is 13.5. The monoisotopic (exact) mass is 285 g/mol. The summed E-state index contributed by atoms with van der Waals surface area (Å²) in [6.07, 6.45) is 0. The van der Waals surface area contributed by atoms with Crippen molar-refractivity contribution < 1.29 is 4.42 Å². The van der Waals surface area contributed by atoms with E-state index < -0.39 is 0 Å². The molecule has 2 aromatic rings. The number of hydrogen-bond acceptors (Lipinski definition) is 2. The molecule has 0 radical (unpaired) electrons. The fourth-order valence-electron chi connectivity index (χ4n) is 1.84. The van der Waals surface area contributed by atoms with Crippen LogP contribution in [-0.4, -0.2) is 5.54 Å². The van der Waals surface area contributed by atoms with Crippen LogP contribution in [0.5, 0.6) is 0 Å². The maximum Gasteiger partial charge on any atom is 0.154 e. The highest BCUT2D eigenvalue weighted by molar-refractivity contribution is 6.40. The van der Waals surface area contributed by atoms with Crippen LogP contribution in [0.15, 0.2) is 16.5 Å². The number of furan rings is 1. The summed E-state index contributed by atoms with van der Waals surface area (Å²) in [6, 6.07) is 3.56. The first-order chi connectivity index (χ1) is 8.29. The second kappa shape index (κ2) is 4.76. The Morgan fingerprint density at radius 2 is 1.78 bits per heavy atom. The SMILES string of the molecule is Cc1c(CNC(C)(C)C)oc2c(Cl)ccc(Cl)c12. The van der Waals surface area contributed by atoms with E-state index in [0.29, 0.717) is 22.2 Å². The molecule has 1 heterocycles. The highest BCUT2D eigenvalue weighted by atomic mass is 35.5. The molecular weight excluding hydrogens is 269 g/mol. The van der Waals surface area contributed by atoms with E-state index in [1.165, 1.54) is 0 Å². The molecule has 98 valence electrons. The third kappa shape index (κ3) is 2.66. The quantitative estimate of drug-likeness (QED) is 0.846. The molecule has 2 rings (SSSR count). The number of halogens is 2. The summed E-state index contributed by atoms with van der Waals surface area (Å²) in [6.45, 7) is 9.02. The number of aryl methyl sites for hydroxylation is 1. The topological polar surface area (TPSA) is 25.2 Å². The van der Waals surface area contributed by atoms with Crippen LogP contribution in [0, 0.1) is 6.92 Å². The number of benzene rings is 1. The summed E-state index contributed by atoms with van der Waals surface area (Å²) in [5, 5.41) is 5.59. The van der Waals surface area contributed by atoms with Gasteiger partial charge in [0.2, 0.25) is 0 Å². The highest BCUT2D eigenvalue weighted by Crippen LogP contribution is 2.35. The predicted molar refractivity (Wildman–Crippen MR) is 77.6 cm³/mol. The minimum atomic E-state index is 0.0407. The van der Waals surface area contributed by atoms with Crippen molar-refractivity contribution in [2.24, 2.45) is 0 Å². The molecular formula is C14H17Cl2NO. The average Bonchev–Trinajstić information content (AvgIpc) is 2.59. The maximum atomic E-state index is 6.20. The van der Waals surface area contributed by atoms with E-state index >= 15 is 0 Å². The van der Waals surface area contributed by atoms with Crippen LogP contribution in [0.3, 0.4) is 0 Å². The minimum Gasteiger partial charge on any atom is -0.458 e. The number of rotatable bonds is 2. The largest absolute Gasteiger partial charge is 0.458 e. The van der Waals surface area contributed by atoms with E-state index in [1.54, 1.807) is 12.1 Å². The molecule has 0 fully saturated rings. The van der Waals surface area contributed by atoms with Gasteiger partial charge in [0, 0.05) is 16.5 Å². The van der Waals surface area contributed by atoms with Crippen molar-refractivity contribution in [3.8, 4) is 0 Å². The van der Waals surface area contributed by atoms with Crippen molar-refractivity contribution in [3.63, 3.8) is 0 Å². The van der Waals surface area contributed by atoms with Crippen molar-refractivity contribution in [2.45, 2.75) is 39.8 Å². The van der Waals surface area contributed by atoms with Crippen molar-refractivity contribution in [1.29, 1.82) is 0 Å². The summed E-state index contributed by atoms with van der Waals surface area (Å²) in [7, 11) is 0. The molecule has 0 amide bonds. The lowest BCUT2D eigenvalue weighted by Gasteiger charge is -2.19. The Kier molecular flexibility index (Phi) is 3.63. The van der Waals surface area contributed by atoms with Gasteiger partial charge in [-0.05, 0) is 39.8 Å². The van der Waals surface area contributed by atoms with E-state index in [2.05, 4.69) is 26.1 Å². The lowest BCUT2D eigenvalue weighted by atomic mass is 10.1. The van der Waals surface area contributed by atoms with E-state index in [9.17, 15) is 0 Å². The molecule has 4 heteroatoms. The fraction of sp³-hybridized carbons (Fsp3) is 0.429. The smallest absolute Gasteiger partial charge is 0.154 e. The molecule has 1 aromatic heterocycles. The third-order valence-corrected chi connectivity index (χ3v) is 3.47. The standard InChI is InChI=1S/C14H17Cl2NO/c1-8-11(7-17-14(2,3)4)18-13-10(16)6-5-9(15)12(8)13/h5-6,17H,7H2,1-4H3. The summed E-state index contributed by atoms with van der Waals surface area (Å²) in [4.78, 5) is 0. The molecule has 0 aliphatic carbocycles. The molecule has 2 nitrogen and oxygen atoms in total. The fourth-order valence-corrected chi connectivity index (χ4v) is 2.32. The molecule has 0 atom stereocenters. The second-order valence-electron chi connectivity index (χ2n) is 5.49. The summed E-state index contributed by atoms with van der Waals surface area (Å²) >= 11 is 12.3. The van der Waals surface area contributed by atoms with Crippen LogP contribution >= 0.6 is 23.2 Å². The lowest BCUT2D eigenvalue weighted by Crippen LogP contribution is -2.35. The third-order valence-electron chi connectivity index (χ3n) is 2.86. The Morgan fingerprint density at radius 1 is 1.17 bits per heavy atom. The Morgan fingerprint density at radius 3 is 2.33 bits per heavy atom. The number of hydrogen-bond donors (Lipinski definition) is 1. The second-order valence-corrected chi connectivity index (χ2v) is 6.30. The highest BCUT2D eigenvalue weighted by Gasteiger charge is 2.17. The van der Waals surface area contributed by atoms with E-state index in [0.717, 1.165) is 16.7 Å². The first kappa shape index (κ1) is 13.7. The number of fused-ring (bicyclic) bond motifs is 1. The minimum absolute atomic E-state index is 0.0407. The Bertz CT molecular complexity index is 581. The molecule has 0 aliphatic heterocycles. The zero-order valence-corrected chi connectivity index (χ0v) is 12.5. The van der Waals surface area contributed by atoms with Gasteiger partial charge in [0.1, 0.15) is 5.76 Å². The van der Waals surface area contributed by atoms with Crippen molar-refractivity contribution in [3.05, 3.63) is 33.5 Å². The zero-order valence-electron chi connectivity index (χ0n) is 11.0. The van der Waals surface area contributed by atoms with Crippen LogP contribution in [0.4, 0.5) is 0 Å². The molecule has 18 heavy (non-hydrogen) atoms. The van der Waals surface area contributed by atoms with Crippen LogP contribution in [0.1, 0.15) is 32.1 Å². The Labute approximate surface area is 117 Å². The molecule has 0 unspecified atom stereocenters. The van der Waals surface area contributed by atoms with Gasteiger partial charge in [-0.15, -0.1) is 0 Å². The molecule has 0 spiro atoms. The maximum absolute atomic E-state index is 6.20. The first-order valence-corrected chi connectivity index (χ1v) is 6.66. The van der Waals surface area contributed by atoms with Gasteiger partial charge >= 0.3 is 0 Å². The van der Waals surface area contributed by atoms with Gasteiger partial charge in [0.25, 0.3) is 0 Å². The molecule has 1 N–H and O–H groups in total. The average molecular weight is 286 g/mol. The van der Waals surface area contributed by atoms with Gasteiger partial charge in [-0.1, -0.05) is 23.2 Å². The molecule has 0 saturated carbocycles. The van der Waals surface area contributed by atoms with Crippen molar-refractivity contribution in [1.82, 2.24) is 5.32 Å². The Balaban J connectivity index is 2.45. The Hall–Kier alpha value is -0.700. The van der Waals surface area contributed by atoms with Crippen LogP contribution in [-0.2, 0) is 6.54 Å².